The minimum absolute atomic E-state index is 0.0503. The smallest absolute Gasteiger partial charge is 0.320 e. The van der Waals surface area contributed by atoms with Gasteiger partial charge in [-0.2, -0.15) is 0 Å². The van der Waals surface area contributed by atoms with E-state index in [1.165, 1.54) is 30.9 Å². The highest BCUT2D eigenvalue weighted by molar-refractivity contribution is 7.00. The van der Waals surface area contributed by atoms with Gasteiger partial charge >= 0.3 is 8.32 Å². The van der Waals surface area contributed by atoms with E-state index in [9.17, 15) is 15.0 Å². The molecule has 4 aromatic carbocycles. The largest absolute Gasteiger partial charge is 0.531 e. The van der Waals surface area contributed by atoms with Gasteiger partial charge in [-0.25, -0.2) is 0 Å². The summed E-state index contributed by atoms with van der Waals surface area (Å²) in [5.74, 6) is 2.67. The summed E-state index contributed by atoms with van der Waals surface area (Å²) in [6.45, 7) is 8.40. The summed E-state index contributed by atoms with van der Waals surface area (Å²) in [5.41, 5.74) is 0.457. The maximum absolute atomic E-state index is 13.7. The second-order valence-corrected chi connectivity index (χ2v) is 17.3. The minimum Gasteiger partial charge on any atom is -0.531 e. The van der Waals surface area contributed by atoms with Crippen LogP contribution in [-0.2, 0) is 13.5 Å². The van der Waals surface area contributed by atoms with Gasteiger partial charge in [0.25, 0.3) is 5.56 Å². The fourth-order valence-electron chi connectivity index (χ4n) is 6.65. The quantitative estimate of drug-likeness (QED) is 0.127. The van der Waals surface area contributed by atoms with E-state index in [0.29, 0.717) is 17.1 Å². The fraction of sp³-hybridized carbons (Fsp3) is 0.256. The molecular weight excluding hydrogens is 642 g/mol. The molecule has 0 aliphatic rings. The van der Waals surface area contributed by atoms with Crippen molar-refractivity contribution >= 4 is 41.1 Å². The van der Waals surface area contributed by atoms with Gasteiger partial charge in [-0.05, 0) is 27.9 Å². The first-order valence-electron chi connectivity index (χ1n) is 15.7. The molecule has 48 heavy (non-hydrogen) atoms. The molecule has 9 heteroatoms. The summed E-state index contributed by atoms with van der Waals surface area (Å²) >= 11 is 6.84. The van der Waals surface area contributed by atoms with Crippen LogP contribution in [-0.4, -0.2) is 37.3 Å². The molecule has 2 N–H and O–H groups in total. The van der Waals surface area contributed by atoms with Crippen LogP contribution in [0.4, 0.5) is 0 Å². The van der Waals surface area contributed by atoms with E-state index in [1.807, 2.05) is 43.3 Å². The summed E-state index contributed by atoms with van der Waals surface area (Å²) in [6, 6.07) is 23.1. The van der Waals surface area contributed by atoms with Gasteiger partial charge in [0.05, 0.1) is 35.6 Å². The number of hydrogen-bond acceptors (Lipinski definition) is 6. The lowest BCUT2D eigenvalue weighted by Gasteiger charge is -2.43. The topological polar surface area (TPSA) is 90.2 Å². The number of pyridine rings is 1. The van der Waals surface area contributed by atoms with E-state index in [4.69, 9.17) is 31.9 Å². The van der Waals surface area contributed by atoms with Gasteiger partial charge in [0.15, 0.2) is 11.5 Å². The number of ether oxygens (including phenoxy) is 2. The second kappa shape index (κ2) is 13.3. The first-order chi connectivity index (χ1) is 22.9. The Morgan fingerprint density at radius 1 is 0.917 bits per heavy atom. The fourth-order valence-corrected chi connectivity index (χ4v) is 11.5. The summed E-state index contributed by atoms with van der Waals surface area (Å²) in [7, 11) is 1.36. The number of aromatic nitrogens is 1. The van der Waals surface area contributed by atoms with Crippen molar-refractivity contribution in [2.24, 2.45) is 7.05 Å². The van der Waals surface area contributed by atoms with Crippen LogP contribution in [0.15, 0.2) is 77.6 Å². The van der Waals surface area contributed by atoms with Gasteiger partial charge < -0.3 is 28.7 Å². The zero-order valence-corrected chi connectivity index (χ0v) is 30.0. The third-order valence-corrected chi connectivity index (χ3v) is 14.2. The highest BCUT2D eigenvalue weighted by atomic mass is 35.5. The van der Waals surface area contributed by atoms with E-state index in [-0.39, 0.29) is 50.5 Å². The van der Waals surface area contributed by atoms with Crippen molar-refractivity contribution in [3.05, 3.63) is 99.4 Å². The molecule has 0 radical (unpaired) electrons. The zero-order valence-electron chi connectivity index (χ0n) is 28.3. The number of halogens is 1. The van der Waals surface area contributed by atoms with Crippen molar-refractivity contribution in [3.8, 4) is 52.2 Å². The molecule has 0 spiro atoms. The van der Waals surface area contributed by atoms with Gasteiger partial charge in [-0.15, -0.1) is 6.42 Å². The van der Waals surface area contributed by atoms with Crippen molar-refractivity contribution in [2.75, 3.05) is 14.2 Å². The molecule has 0 unspecified atom stereocenters. The Hall–Kier alpha value is -4.84. The molecule has 1 aromatic heterocycles. The van der Waals surface area contributed by atoms with E-state index >= 15 is 0 Å². The van der Waals surface area contributed by atoms with E-state index < -0.39 is 24.7 Å². The molecule has 248 valence electrons. The first-order valence-corrected chi connectivity index (χ1v) is 18.0. The van der Waals surface area contributed by atoms with Gasteiger partial charge in [0.2, 0.25) is 0 Å². The standard InChI is InChI=1S/C39H40ClNO6Si/c1-9-17-28-35(40)33-30(45-7)22-27(36(43)34(33)38(44)41(28)6)32-26(10-2)37(46-8)31(23-29(32)42)47-48(39(3,4)5,24-18-13-11-14-19-24)25-20-15-12-16-21-25/h2,11-16,18-23,42-43H,9,17H2,1,3-8H3. The number of rotatable bonds is 9. The second-order valence-electron chi connectivity index (χ2n) is 12.7. The highest BCUT2D eigenvalue weighted by Crippen LogP contribution is 2.51. The molecule has 0 bridgehead atoms. The Morgan fingerprint density at radius 3 is 1.98 bits per heavy atom. The Morgan fingerprint density at radius 2 is 1.50 bits per heavy atom. The van der Waals surface area contributed by atoms with Crippen LogP contribution in [0.25, 0.3) is 21.9 Å². The van der Waals surface area contributed by atoms with Crippen LogP contribution in [0.3, 0.4) is 0 Å². The van der Waals surface area contributed by atoms with Gasteiger partial charge in [0.1, 0.15) is 17.2 Å². The number of aromatic hydroxyl groups is 2. The molecule has 0 atom stereocenters. The number of hydrogen-bond donors (Lipinski definition) is 2. The Balaban J connectivity index is 1.84. The minimum atomic E-state index is -3.18. The number of phenolic OH excluding ortho intramolecular Hbond substituents is 2. The number of benzene rings is 4. The van der Waals surface area contributed by atoms with Crippen LogP contribution in [0, 0.1) is 12.3 Å². The predicted octanol–water partition coefficient (Wildman–Crippen LogP) is 7.16. The van der Waals surface area contributed by atoms with Gasteiger partial charge in [0, 0.05) is 29.9 Å². The lowest BCUT2D eigenvalue weighted by Crippen LogP contribution is -2.68. The predicted molar refractivity (Wildman–Crippen MR) is 196 cm³/mol. The Kier molecular flexibility index (Phi) is 9.59. The van der Waals surface area contributed by atoms with Crippen molar-refractivity contribution < 1.29 is 24.1 Å². The highest BCUT2D eigenvalue weighted by Gasteiger charge is 2.52. The zero-order chi connectivity index (χ0) is 35.0. The third-order valence-electron chi connectivity index (χ3n) is 8.89. The van der Waals surface area contributed by atoms with Crippen LogP contribution in [0.2, 0.25) is 10.1 Å². The number of nitrogens with zero attached hydrogens (tertiary/aromatic N) is 1. The van der Waals surface area contributed by atoms with Crippen LogP contribution in [0.1, 0.15) is 45.4 Å². The van der Waals surface area contributed by atoms with Crippen molar-refractivity contribution in [3.63, 3.8) is 0 Å². The summed E-state index contributed by atoms with van der Waals surface area (Å²) in [4.78, 5) is 13.7. The van der Waals surface area contributed by atoms with Crippen LogP contribution < -0.4 is 29.8 Å². The molecule has 0 amide bonds. The SMILES string of the molecule is C#Cc1c(OC)c(O[Si](c2ccccc2)(c2ccccc2)C(C)(C)C)cc(O)c1-c1cc(OC)c2c(Cl)c(CCC)n(C)c(=O)c2c1O. The van der Waals surface area contributed by atoms with Gasteiger partial charge in [-0.1, -0.05) is 112 Å². The number of phenols is 2. The van der Waals surface area contributed by atoms with Crippen LogP contribution >= 0.6 is 11.6 Å². The van der Waals surface area contributed by atoms with E-state index in [0.717, 1.165) is 16.8 Å². The number of terminal acetylenes is 1. The molecular formula is C39H40ClNO6Si. The lowest BCUT2D eigenvalue weighted by atomic mass is 9.93. The molecule has 0 saturated carbocycles. The molecule has 0 saturated heterocycles. The Labute approximate surface area is 287 Å². The molecule has 0 aliphatic heterocycles. The molecule has 0 aliphatic carbocycles. The van der Waals surface area contributed by atoms with Crippen molar-refractivity contribution in [1.29, 1.82) is 0 Å². The van der Waals surface area contributed by atoms with Crippen molar-refractivity contribution in [1.82, 2.24) is 4.57 Å². The average molecular weight is 682 g/mol. The van der Waals surface area contributed by atoms with Gasteiger partial charge in [-0.3, -0.25) is 4.79 Å². The molecule has 5 aromatic rings. The third kappa shape index (κ3) is 5.47. The lowest BCUT2D eigenvalue weighted by molar-refractivity contribution is 0.384. The average Bonchev–Trinajstić information content (AvgIpc) is 3.08. The Bertz CT molecular complexity index is 2060. The van der Waals surface area contributed by atoms with E-state index in [1.54, 1.807) is 7.05 Å². The maximum Gasteiger partial charge on any atom is 0.320 e. The summed E-state index contributed by atoms with van der Waals surface area (Å²) < 4.78 is 20.3. The monoisotopic (exact) mass is 681 g/mol. The number of methoxy groups -OCH3 is 2. The molecule has 7 nitrogen and oxygen atoms in total. The molecule has 0 fully saturated rings. The van der Waals surface area contributed by atoms with Crippen LogP contribution in [0.5, 0.6) is 28.7 Å². The molecule has 1 heterocycles. The maximum atomic E-state index is 13.7. The van der Waals surface area contributed by atoms with E-state index in [2.05, 4.69) is 51.0 Å². The first kappa shape index (κ1) is 34.5. The summed E-state index contributed by atoms with van der Waals surface area (Å²) in [6.07, 6.45) is 7.46. The molecule has 5 rings (SSSR count). The normalized spacial score (nSPS) is 11.7. The number of fused-ring (bicyclic) bond motifs is 1. The summed E-state index contributed by atoms with van der Waals surface area (Å²) in [5, 5.41) is 25.7. The van der Waals surface area contributed by atoms with Crippen molar-refractivity contribution in [2.45, 2.75) is 45.6 Å².